The Morgan fingerprint density at radius 2 is 2.21 bits per heavy atom. The summed E-state index contributed by atoms with van der Waals surface area (Å²) in [5.74, 6) is 0.536. The van der Waals surface area contributed by atoms with Crippen molar-refractivity contribution in [2.75, 3.05) is 6.54 Å². The van der Waals surface area contributed by atoms with E-state index in [0.29, 0.717) is 6.54 Å². The Balaban J connectivity index is 3.12. The maximum Gasteiger partial charge on any atom is 0.244 e. The van der Waals surface area contributed by atoms with Crippen LogP contribution in [0.2, 0.25) is 0 Å². The van der Waals surface area contributed by atoms with Crippen LogP contribution in [0.25, 0.3) is 0 Å². The summed E-state index contributed by atoms with van der Waals surface area (Å²) in [6.45, 7) is 3.26. The van der Waals surface area contributed by atoms with Crippen molar-refractivity contribution in [3.05, 3.63) is 17.6 Å². The molecule has 0 radical (unpaired) electrons. The fraction of sp³-hybridized carbons (Fsp3) is 0.500. The van der Waals surface area contributed by atoms with Crippen molar-refractivity contribution < 1.29 is 17.9 Å². The Morgan fingerprint density at radius 3 is 2.64 bits per heavy atom. The standard InChI is InChI=1S/C8H13NO4S/c1-3-9-14(11,12)8-4-7(5-10)13-6(8)2/h4,9-10H,3,5H2,1-2H3. The summed E-state index contributed by atoms with van der Waals surface area (Å²) in [5.41, 5.74) is 0. The van der Waals surface area contributed by atoms with E-state index < -0.39 is 10.0 Å². The Labute approximate surface area is 82.8 Å². The summed E-state index contributed by atoms with van der Waals surface area (Å²) < 4.78 is 30.4. The van der Waals surface area contributed by atoms with Gasteiger partial charge in [-0.1, -0.05) is 6.92 Å². The minimum absolute atomic E-state index is 0.0865. The van der Waals surface area contributed by atoms with Gasteiger partial charge in [0.2, 0.25) is 10.0 Å². The Hall–Kier alpha value is -0.850. The molecule has 1 rings (SSSR count). The molecule has 1 heterocycles. The van der Waals surface area contributed by atoms with Crippen LogP contribution in [0.1, 0.15) is 18.4 Å². The van der Waals surface area contributed by atoms with E-state index in [4.69, 9.17) is 9.52 Å². The lowest BCUT2D eigenvalue weighted by atomic mass is 10.4. The van der Waals surface area contributed by atoms with Crippen LogP contribution < -0.4 is 4.72 Å². The topological polar surface area (TPSA) is 79.5 Å². The second kappa shape index (κ2) is 4.12. The molecule has 0 fully saturated rings. The summed E-state index contributed by atoms with van der Waals surface area (Å²) in [4.78, 5) is 0.0865. The number of hydrogen-bond acceptors (Lipinski definition) is 4. The van der Waals surface area contributed by atoms with Gasteiger partial charge in [0, 0.05) is 12.6 Å². The van der Waals surface area contributed by atoms with Crippen molar-refractivity contribution in [3.63, 3.8) is 0 Å². The highest BCUT2D eigenvalue weighted by atomic mass is 32.2. The number of nitrogens with one attached hydrogen (secondary N) is 1. The van der Waals surface area contributed by atoms with Crippen molar-refractivity contribution in [1.29, 1.82) is 0 Å². The van der Waals surface area contributed by atoms with Gasteiger partial charge in [0.1, 0.15) is 23.0 Å². The zero-order valence-electron chi connectivity index (χ0n) is 8.07. The largest absolute Gasteiger partial charge is 0.462 e. The lowest BCUT2D eigenvalue weighted by Crippen LogP contribution is -2.23. The van der Waals surface area contributed by atoms with Crippen LogP contribution in [0.4, 0.5) is 0 Å². The first-order valence-corrected chi connectivity index (χ1v) is 5.69. The maximum absolute atomic E-state index is 11.5. The molecule has 0 atom stereocenters. The molecule has 0 spiro atoms. The number of hydrogen-bond donors (Lipinski definition) is 2. The molecule has 0 saturated carbocycles. The van der Waals surface area contributed by atoms with E-state index in [-0.39, 0.29) is 23.0 Å². The molecule has 14 heavy (non-hydrogen) atoms. The van der Waals surface area contributed by atoms with Crippen molar-refractivity contribution in [1.82, 2.24) is 4.72 Å². The highest BCUT2D eigenvalue weighted by Crippen LogP contribution is 2.19. The third-order valence-electron chi connectivity index (χ3n) is 1.70. The third kappa shape index (κ3) is 2.14. The van der Waals surface area contributed by atoms with Gasteiger partial charge >= 0.3 is 0 Å². The summed E-state index contributed by atoms with van der Waals surface area (Å²) in [6, 6.07) is 1.33. The van der Waals surface area contributed by atoms with Gasteiger partial charge in [0.25, 0.3) is 0 Å². The molecule has 0 aromatic carbocycles. The van der Waals surface area contributed by atoms with Crippen LogP contribution in [-0.2, 0) is 16.6 Å². The fourth-order valence-corrected chi connectivity index (χ4v) is 2.38. The smallest absolute Gasteiger partial charge is 0.244 e. The number of aliphatic hydroxyl groups is 1. The quantitative estimate of drug-likeness (QED) is 0.767. The minimum Gasteiger partial charge on any atom is -0.462 e. The molecule has 2 N–H and O–H groups in total. The van der Waals surface area contributed by atoms with Gasteiger partial charge in [-0.2, -0.15) is 0 Å². The molecule has 1 aromatic heterocycles. The maximum atomic E-state index is 11.5. The Morgan fingerprint density at radius 1 is 1.57 bits per heavy atom. The fourth-order valence-electron chi connectivity index (χ4n) is 1.14. The second-order valence-corrected chi connectivity index (χ2v) is 4.53. The van der Waals surface area contributed by atoms with Gasteiger partial charge in [0.05, 0.1) is 0 Å². The van der Waals surface area contributed by atoms with E-state index in [1.165, 1.54) is 6.07 Å². The van der Waals surface area contributed by atoms with Crippen LogP contribution in [0.3, 0.4) is 0 Å². The SMILES string of the molecule is CCNS(=O)(=O)c1cc(CO)oc1C. The van der Waals surface area contributed by atoms with E-state index in [2.05, 4.69) is 4.72 Å². The number of aryl methyl sites for hydroxylation is 1. The van der Waals surface area contributed by atoms with Gasteiger partial charge in [-0.3, -0.25) is 0 Å². The van der Waals surface area contributed by atoms with Crippen molar-refractivity contribution in [2.45, 2.75) is 25.3 Å². The number of rotatable bonds is 4. The number of furan rings is 1. The third-order valence-corrected chi connectivity index (χ3v) is 3.36. The normalized spacial score (nSPS) is 11.9. The molecule has 0 aliphatic carbocycles. The van der Waals surface area contributed by atoms with Crippen molar-refractivity contribution >= 4 is 10.0 Å². The van der Waals surface area contributed by atoms with Crippen LogP contribution >= 0.6 is 0 Å². The second-order valence-electron chi connectivity index (χ2n) is 2.79. The summed E-state index contributed by atoms with van der Waals surface area (Å²) in [7, 11) is -3.49. The molecule has 0 unspecified atom stereocenters. The van der Waals surface area contributed by atoms with Gasteiger partial charge in [-0.05, 0) is 6.92 Å². The van der Waals surface area contributed by atoms with E-state index >= 15 is 0 Å². The minimum atomic E-state index is -3.49. The van der Waals surface area contributed by atoms with E-state index in [1.807, 2.05) is 0 Å². The first-order valence-electron chi connectivity index (χ1n) is 4.21. The number of sulfonamides is 1. The van der Waals surface area contributed by atoms with Crippen molar-refractivity contribution in [3.8, 4) is 0 Å². The van der Waals surface area contributed by atoms with Gasteiger partial charge < -0.3 is 9.52 Å². The molecule has 6 heteroatoms. The lowest BCUT2D eigenvalue weighted by Gasteiger charge is -2.00. The van der Waals surface area contributed by atoms with Gasteiger partial charge in [0.15, 0.2) is 0 Å². The molecule has 0 aliphatic heterocycles. The molecule has 80 valence electrons. The zero-order chi connectivity index (χ0) is 10.8. The van der Waals surface area contributed by atoms with E-state index in [0.717, 1.165) is 0 Å². The monoisotopic (exact) mass is 219 g/mol. The number of aliphatic hydroxyl groups excluding tert-OH is 1. The van der Waals surface area contributed by atoms with Crippen LogP contribution in [0.15, 0.2) is 15.4 Å². The average molecular weight is 219 g/mol. The van der Waals surface area contributed by atoms with Gasteiger partial charge in [-0.15, -0.1) is 0 Å². The molecular weight excluding hydrogens is 206 g/mol. The predicted molar refractivity (Wildman–Crippen MR) is 50.2 cm³/mol. The average Bonchev–Trinajstić information content (AvgIpc) is 2.47. The van der Waals surface area contributed by atoms with Crippen LogP contribution in [0, 0.1) is 6.92 Å². The van der Waals surface area contributed by atoms with E-state index in [9.17, 15) is 8.42 Å². The molecule has 0 aliphatic rings. The van der Waals surface area contributed by atoms with Crippen LogP contribution in [-0.4, -0.2) is 20.1 Å². The summed E-state index contributed by atoms with van der Waals surface area (Å²) >= 11 is 0. The molecule has 0 amide bonds. The Kier molecular flexibility index (Phi) is 3.30. The van der Waals surface area contributed by atoms with Crippen molar-refractivity contribution in [2.24, 2.45) is 0 Å². The Bertz CT molecular complexity index is 407. The zero-order valence-corrected chi connectivity index (χ0v) is 8.89. The van der Waals surface area contributed by atoms with Crippen LogP contribution in [0.5, 0.6) is 0 Å². The first-order chi connectivity index (χ1) is 6.51. The summed E-state index contributed by atoms with van der Waals surface area (Å²) in [5, 5.41) is 8.76. The molecular formula is C8H13NO4S. The molecule has 5 nitrogen and oxygen atoms in total. The molecule has 0 saturated heterocycles. The highest BCUT2D eigenvalue weighted by molar-refractivity contribution is 7.89. The first kappa shape index (κ1) is 11.2. The predicted octanol–water partition coefficient (Wildman–Crippen LogP) is 0.379. The van der Waals surface area contributed by atoms with Gasteiger partial charge in [-0.25, -0.2) is 13.1 Å². The highest BCUT2D eigenvalue weighted by Gasteiger charge is 2.19. The molecule has 1 aromatic rings. The molecule has 0 bridgehead atoms. The van der Waals surface area contributed by atoms with E-state index in [1.54, 1.807) is 13.8 Å². The lowest BCUT2D eigenvalue weighted by molar-refractivity contribution is 0.244. The summed E-state index contributed by atoms with van der Waals surface area (Å²) in [6.07, 6.45) is 0.